The fraction of sp³-hybridized carbons (Fsp3) is 0.152. The highest BCUT2D eigenvalue weighted by Gasteiger charge is 2.70. The van der Waals surface area contributed by atoms with Crippen LogP contribution >= 0.6 is 0 Å². The Labute approximate surface area is 307 Å². The summed E-state index contributed by atoms with van der Waals surface area (Å²) in [6.45, 7) is 0. The van der Waals surface area contributed by atoms with E-state index in [2.05, 4.69) is 0 Å². The molecule has 0 N–H and O–H groups in total. The van der Waals surface area contributed by atoms with Crippen molar-refractivity contribution in [2.45, 2.75) is 42.2 Å². The molecule has 7 heteroatoms. The fourth-order valence-electron chi connectivity index (χ4n) is 8.95. The van der Waals surface area contributed by atoms with Crippen molar-refractivity contribution in [3.05, 3.63) is 204 Å². The molecule has 6 aromatic rings. The number of hydrazone groups is 2. The van der Waals surface area contributed by atoms with Crippen LogP contribution in [0.1, 0.15) is 53.4 Å². The number of para-hydroxylation sites is 2. The van der Waals surface area contributed by atoms with E-state index in [1.54, 1.807) is 24.3 Å². The summed E-state index contributed by atoms with van der Waals surface area (Å²) < 4.78 is 29.3. The minimum Gasteiger partial charge on any atom is -0.294 e. The molecular formula is C46H36F2N4O. The number of Topliss-reactive ketones (excluding diaryl/α,β-unsaturated/α-hetero) is 1. The highest BCUT2D eigenvalue weighted by atomic mass is 19.1. The van der Waals surface area contributed by atoms with Gasteiger partial charge in [0.05, 0.1) is 34.6 Å². The van der Waals surface area contributed by atoms with Crippen LogP contribution in [0.5, 0.6) is 0 Å². The topological polar surface area (TPSA) is 48.3 Å². The summed E-state index contributed by atoms with van der Waals surface area (Å²) in [6.07, 6.45) is 1.64. The van der Waals surface area contributed by atoms with E-state index in [0.717, 1.165) is 45.1 Å². The lowest BCUT2D eigenvalue weighted by Gasteiger charge is -2.53. The molecule has 1 aliphatic carbocycles. The van der Waals surface area contributed by atoms with E-state index < -0.39 is 22.9 Å². The molecule has 0 radical (unpaired) electrons. The second kappa shape index (κ2) is 13.1. The van der Waals surface area contributed by atoms with Crippen LogP contribution in [-0.4, -0.2) is 28.3 Å². The van der Waals surface area contributed by atoms with Gasteiger partial charge in [-0.25, -0.2) is 8.78 Å². The second-order valence-corrected chi connectivity index (χ2v) is 14.0. The molecule has 1 saturated carbocycles. The van der Waals surface area contributed by atoms with Crippen LogP contribution in [0.4, 0.5) is 20.2 Å². The monoisotopic (exact) mass is 698 g/mol. The summed E-state index contributed by atoms with van der Waals surface area (Å²) in [6, 6.07) is 52.6. The van der Waals surface area contributed by atoms with Gasteiger partial charge in [-0.15, -0.1) is 0 Å². The van der Waals surface area contributed by atoms with Gasteiger partial charge in [-0.05, 0) is 90.0 Å². The Morgan fingerprint density at radius 2 is 0.811 bits per heavy atom. The third-order valence-corrected chi connectivity index (χ3v) is 11.1. The van der Waals surface area contributed by atoms with Gasteiger partial charge < -0.3 is 0 Å². The zero-order valence-corrected chi connectivity index (χ0v) is 28.9. The average Bonchev–Trinajstić information content (AvgIpc) is 3.73. The van der Waals surface area contributed by atoms with Crippen molar-refractivity contribution < 1.29 is 13.6 Å². The lowest BCUT2D eigenvalue weighted by atomic mass is 9.57. The largest absolute Gasteiger partial charge is 0.294 e. The molecule has 4 atom stereocenters. The number of anilines is 2. The molecule has 6 aromatic carbocycles. The van der Waals surface area contributed by atoms with Gasteiger partial charge >= 0.3 is 0 Å². The molecule has 0 amide bonds. The zero-order chi connectivity index (χ0) is 36.0. The minimum absolute atomic E-state index is 0.0445. The first-order valence-electron chi connectivity index (χ1n) is 18.0. The Balaban J connectivity index is 1.34. The first-order chi connectivity index (χ1) is 26.0. The molecule has 0 saturated heterocycles. The smallest absolute Gasteiger partial charge is 0.190 e. The highest BCUT2D eigenvalue weighted by molar-refractivity contribution is 6.21. The number of halogens is 2. The second-order valence-electron chi connectivity index (χ2n) is 14.0. The van der Waals surface area contributed by atoms with Crippen molar-refractivity contribution in [2.24, 2.45) is 10.2 Å². The van der Waals surface area contributed by atoms with E-state index >= 15 is 4.79 Å². The maximum absolute atomic E-state index is 16.8. The molecule has 0 aromatic heterocycles. The number of nitrogens with zero attached hydrogens (tertiary/aromatic N) is 4. The van der Waals surface area contributed by atoms with Gasteiger partial charge in [0, 0.05) is 0 Å². The predicted octanol–water partition coefficient (Wildman–Crippen LogP) is 9.91. The first-order valence-corrected chi connectivity index (χ1v) is 18.0. The fourth-order valence-corrected chi connectivity index (χ4v) is 8.95. The Hall–Kier alpha value is -6.21. The van der Waals surface area contributed by atoms with Crippen molar-refractivity contribution in [1.82, 2.24) is 0 Å². The number of carbonyl (C=O) groups is 1. The van der Waals surface area contributed by atoms with Gasteiger partial charge in [-0.2, -0.15) is 10.2 Å². The standard InChI is InChI=1S/C46H36F2N4O/c47-36-26-22-32(23-27-36)40-42(34-14-5-1-6-15-34)49-51(38-18-9-3-10-19-38)45(40)30-13-31-46(44(45)53)41(33-24-28-37(48)29-25-33)43(35-16-7-2-8-17-35)50-52(46)39-20-11-4-12-21-39/h1-12,14-29,40-41H,13,30-31H2/t40-,41+,45?,46?. The molecule has 2 aliphatic heterocycles. The SMILES string of the molecule is O=C1C2(CCCC13[C@H](c1ccc(F)cc1)C(c1ccccc1)=NN3c1ccccc1)[C@@H](c1ccc(F)cc1)C(c1ccccc1)=NN2c1ccccc1. The number of carbonyl (C=O) groups excluding carboxylic acids is 1. The van der Waals surface area contributed by atoms with Crippen LogP contribution in [0.2, 0.25) is 0 Å². The van der Waals surface area contributed by atoms with E-state index in [4.69, 9.17) is 10.2 Å². The Morgan fingerprint density at radius 3 is 1.17 bits per heavy atom. The van der Waals surface area contributed by atoms with E-state index in [-0.39, 0.29) is 17.4 Å². The normalized spacial score (nSPS) is 23.8. The number of ketones is 1. The molecule has 5 nitrogen and oxygen atoms in total. The number of rotatable bonds is 6. The molecule has 260 valence electrons. The Morgan fingerprint density at radius 1 is 0.472 bits per heavy atom. The molecule has 2 unspecified atom stereocenters. The summed E-state index contributed by atoms with van der Waals surface area (Å²) in [5, 5.41) is 14.7. The molecule has 1 fully saturated rings. The Kier molecular flexibility index (Phi) is 8.07. The summed E-state index contributed by atoms with van der Waals surface area (Å²) in [7, 11) is 0. The van der Waals surface area contributed by atoms with Crippen molar-refractivity contribution in [1.29, 1.82) is 0 Å². The maximum atomic E-state index is 16.8. The van der Waals surface area contributed by atoms with Crippen LogP contribution in [0.3, 0.4) is 0 Å². The molecule has 3 aliphatic rings. The highest BCUT2D eigenvalue weighted by Crippen LogP contribution is 2.59. The van der Waals surface area contributed by atoms with Gasteiger partial charge in [0.15, 0.2) is 5.78 Å². The maximum Gasteiger partial charge on any atom is 0.190 e. The molecule has 2 spiro atoms. The van der Waals surface area contributed by atoms with Crippen LogP contribution in [0, 0.1) is 11.6 Å². The van der Waals surface area contributed by atoms with E-state index in [9.17, 15) is 8.78 Å². The lowest BCUT2D eigenvalue weighted by molar-refractivity contribution is -0.132. The minimum atomic E-state index is -1.25. The van der Waals surface area contributed by atoms with Crippen LogP contribution in [-0.2, 0) is 4.79 Å². The van der Waals surface area contributed by atoms with Crippen LogP contribution < -0.4 is 10.0 Å². The van der Waals surface area contributed by atoms with Gasteiger partial charge in [0.2, 0.25) is 0 Å². The van der Waals surface area contributed by atoms with Gasteiger partial charge in [0.25, 0.3) is 0 Å². The average molecular weight is 699 g/mol. The number of benzene rings is 6. The van der Waals surface area contributed by atoms with Gasteiger partial charge in [0.1, 0.15) is 22.7 Å². The number of hydrogen-bond acceptors (Lipinski definition) is 5. The zero-order valence-electron chi connectivity index (χ0n) is 28.9. The summed E-state index contributed by atoms with van der Waals surface area (Å²) in [4.78, 5) is 16.8. The lowest BCUT2D eigenvalue weighted by Crippen LogP contribution is -2.70. The van der Waals surface area contributed by atoms with Crippen molar-refractivity contribution in [2.75, 3.05) is 10.0 Å². The first kappa shape index (κ1) is 32.7. The quantitative estimate of drug-likeness (QED) is 0.174. The van der Waals surface area contributed by atoms with E-state index in [1.165, 1.54) is 24.3 Å². The van der Waals surface area contributed by atoms with Crippen LogP contribution in [0.15, 0.2) is 180 Å². The van der Waals surface area contributed by atoms with Gasteiger partial charge in [-0.3, -0.25) is 14.8 Å². The van der Waals surface area contributed by atoms with Crippen molar-refractivity contribution in [3.63, 3.8) is 0 Å². The Bertz CT molecular complexity index is 2150. The molecule has 0 bridgehead atoms. The molecular weight excluding hydrogens is 663 g/mol. The summed E-state index contributed by atoms with van der Waals surface area (Å²) in [5.41, 5.74) is 3.88. The molecule has 2 heterocycles. The van der Waals surface area contributed by atoms with E-state index in [0.29, 0.717) is 19.3 Å². The van der Waals surface area contributed by atoms with Crippen LogP contribution in [0.25, 0.3) is 0 Å². The third kappa shape index (κ3) is 5.21. The summed E-state index contributed by atoms with van der Waals surface area (Å²) >= 11 is 0. The van der Waals surface area contributed by atoms with Gasteiger partial charge in [-0.1, -0.05) is 121 Å². The van der Waals surface area contributed by atoms with Crippen molar-refractivity contribution in [3.8, 4) is 0 Å². The van der Waals surface area contributed by atoms with E-state index in [1.807, 2.05) is 131 Å². The molecule has 53 heavy (non-hydrogen) atoms. The predicted molar refractivity (Wildman–Crippen MR) is 206 cm³/mol. The molecule has 9 rings (SSSR count). The summed E-state index contributed by atoms with van der Waals surface area (Å²) in [5.74, 6) is -1.88. The third-order valence-electron chi connectivity index (χ3n) is 11.1. The number of hydrogen-bond donors (Lipinski definition) is 0. The van der Waals surface area contributed by atoms with Crippen molar-refractivity contribution >= 4 is 28.6 Å².